The maximum absolute atomic E-state index is 12.2. The van der Waals surface area contributed by atoms with Crippen molar-refractivity contribution in [3.05, 3.63) is 51.1 Å². The fraction of sp³-hybridized carbons (Fsp3) is 0.143. The third-order valence-electron chi connectivity index (χ3n) is 2.82. The van der Waals surface area contributed by atoms with Crippen LogP contribution >= 0.6 is 27.5 Å². The Morgan fingerprint density at radius 2 is 2.20 bits per heavy atom. The molecule has 6 heteroatoms. The van der Waals surface area contributed by atoms with E-state index in [1.165, 1.54) is 12.3 Å². The molecule has 0 aliphatic carbocycles. The number of aromatic nitrogens is 1. The number of carbonyl (C=O) groups excluding carboxylic acids is 1. The van der Waals surface area contributed by atoms with Gasteiger partial charge in [-0.2, -0.15) is 0 Å². The minimum absolute atomic E-state index is 0.256. The molecule has 2 aromatic rings. The Bertz CT molecular complexity index is 661. The zero-order chi connectivity index (χ0) is 14.7. The van der Waals surface area contributed by atoms with E-state index in [4.69, 9.17) is 17.3 Å². The van der Waals surface area contributed by atoms with Crippen LogP contribution in [0.4, 0.5) is 11.5 Å². The van der Waals surface area contributed by atoms with Crippen LogP contribution in [0.15, 0.2) is 34.9 Å². The molecular formula is C14H13BrClN3O. The molecule has 0 fully saturated rings. The van der Waals surface area contributed by atoms with Crippen LogP contribution in [0, 0.1) is 0 Å². The second kappa shape index (κ2) is 6.24. The number of halogens is 2. The summed E-state index contributed by atoms with van der Waals surface area (Å²) in [4.78, 5) is 16.1. The Kier molecular flexibility index (Phi) is 4.62. The van der Waals surface area contributed by atoms with Crippen molar-refractivity contribution >= 4 is 44.9 Å². The van der Waals surface area contributed by atoms with Crippen molar-refractivity contribution in [3.8, 4) is 0 Å². The van der Waals surface area contributed by atoms with E-state index >= 15 is 0 Å². The van der Waals surface area contributed by atoms with Gasteiger partial charge in [-0.1, -0.05) is 34.5 Å². The van der Waals surface area contributed by atoms with Gasteiger partial charge in [-0.25, -0.2) is 4.98 Å². The molecule has 0 radical (unpaired) electrons. The van der Waals surface area contributed by atoms with Crippen LogP contribution < -0.4 is 11.1 Å². The molecule has 104 valence electrons. The van der Waals surface area contributed by atoms with E-state index in [1.807, 2.05) is 25.1 Å². The van der Waals surface area contributed by atoms with E-state index in [0.717, 1.165) is 22.1 Å². The number of anilines is 2. The second-order valence-electron chi connectivity index (χ2n) is 4.20. The van der Waals surface area contributed by atoms with Gasteiger partial charge in [-0.05, 0) is 36.2 Å². The van der Waals surface area contributed by atoms with E-state index in [0.29, 0.717) is 5.56 Å². The Morgan fingerprint density at radius 3 is 2.90 bits per heavy atom. The summed E-state index contributed by atoms with van der Waals surface area (Å²) in [6.45, 7) is 2.02. The molecule has 3 N–H and O–H groups in total. The number of hydrogen-bond donors (Lipinski definition) is 2. The van der Waals surface area contributed by atoms with Crippen LogP contribution in [0.2, 0.25) is 5.02 Å². The highest BCUT2D eigenvalue weighted by molar-refractivity contribution is 9.10. The van der Waals surface area contributed by atoms with Gasteiger partial charge in [0.2, 0.25) is 0 Å². The van der Waals surface area contributed by atoms with Crippen LogP contribution in [0.5, 0.6) is 0 Å². The highest BCUT2D eigenvalue weighted by Gasteiger charge is 2.13. The quantitative estimate of drug-likeness (QED) is 0.878. The molecule has 1 aromatic carbocycles. The fourth-order valence-electron chi connectivity index (χ4n) is 1.80. The van der Waals surface area contributed by atoms with Crippen LogP contribution in [0.25, 0.3) is 0 Å². The number of benzene rings is 1. The van der Waals surface area contributed by atoms with E-state index < -0.39 is 0 Å². The smallest absolute Gasteiger partial charge is 0.257 e. The molecule has 0 bridgehead atoms. The largest absolute Gasteiger partial charge is 0.384 e. The van der Waals surface area contributed by atoms with E-state index in [-0.39, 0.29) is 16.7 Å². The average Bonchev–Trinajstić information content (AvgIpc) is 2.43. The van der Waals surface area contributed by atoms with Gasteiger partial charge in [0.05, 0.1) is 10.6 Å². The minimum Gasteiger partial charge on any atom is -0.384 e. The summed E-state index contributed by atoms with van der Waals surface area (Å²) in [5, 5.41) is 3.12. The Labute approximate surface area is 130 Å². The third-order valence-corrected chi connectivity index (χ3v) is 3.61. The Morgan fingerprint density at radius 1 is 1.45 bits per heavy atom. The molecule has 0 unspecified atom stereocenters. The maximum Gasteiger partial charge on any atom is 0.257 e. The lowest BCUT2D eigenvalue weighted by Gasteiger charge is -2.11. The number of nitrogen functional groups attached to an aromatic ring is 1. The SMILES string of the molecule is CCc1cc(Br)ccc1NC(=O)c1cc(N)ncc1Cl. The summed E-state index contributed by atoms with van der Waals surface area (Å²) in [7, 11) is 0. The molecular weight excluding hydrogens is 342 g/mol. The highest BCUT2D eigenvalue weighted by atomic mass is 79.9. The number of nitrogens with two attached hydrogens (primary N) is 1. The topological polar surface area (TPSA) is 68.0 Å². The van der Waals surface area contributed by atoms with Crippen molar-refractivity contribution in [1.82, 2.24) is 4.98 Å². The van der Waals surface area contributed by atoms with Crippen LogP contribution in [-0.2, 0) is 6.42 Å². The van der Waals surface area contributed by atoms with Gasteiger partial charge in [-0.15, -0.1) is 0 Å². The van der Waals surface area contributed by atoms with E-state index in [9.17, 15) is 4.79 Å². The number of amides is 1. The van der Waals surface area contributed by atoms with E-state index in [1.54, 1.807) is 0 Å². The first-order chi connectivity index (χ1) is 9.51. The lowest BCUT2D eigenvalue weighted by molar-refractivity contribution is 0.102. The van der Waals surface area contributed by atoms with Crippen molar-refractivity contribution in [2.24, 2.45) is 0 Å². The number of pyridine rings is 1. The summed E-state index contributed by atoms with van der Waals surface area (Å²) < 4.78 is 0.971. The van der Waals surface area contributed by atoms with Gasteiger partial charge in [0.15, 0.2) is 0 Å². The predicted octanol–water partition coefficient (Wildman–Crippen LogP) is 3.89. The number of hydrogen-bond acceptors (Lipinski definition) is 3. The Hall–Kier alpha value is -1.59. The molecule has 1 heterocycles. The summed E-state index contributed by atoms with van der Waals surface area (Å²) in [5.74, 6) is -0.0489. The molecule has 0 saturated carbocycles. The summed E-state index contributed by atoms with van der Waals surface area (Å²) in [5.41, 5.74) is 7.68. The number of carbonyl (C=O) groups is 1. The van der Waals surface area contributed by atoms with Crippen molar-refractivity contribution in [3.63, 3.8) is 0 Å². The second-order valence-corrected chi connectivity index (χ2v) is 5.52. The van der Waals surface area contributed by atoms with Crippen molar-refractivity contribution in [1.29, 1.82) is 0 Å². The zero-order valence-corrected chi connectivity index (χ0v) is 13.1. The van der Waals surface area contributed by atoms with Gasteiger partial charge in [0.1, 0.15) is 5.82 Å². The van der Waals surface area contributed by atoms with Crippen LogP contribution in [0.1, 0.15) is 22.8 Å². The third kappa shape index (κ3) is 3.29. The first-order valence-electron chi connectivity index (χ1n) is 6.02. The average molecular weight is 355 g/mol. The molecule has 0 aliphatic heterocycles. The molecule has 0 aliphatic rings. The van der Waals surface area contributed by atoms with Crippen molar-refractivity contribution in [2.45, 2.75) is 13.3 Å². The molecule has 0 saturated heterocycles. The van der Waals surface area contributed by atoms with Gasteiger partial charge in [-0.3, -0.25) is 4.79 Å². The molecule has 20 heavy (non-hydrogen) atoms. The summed E-state index contributed by atoms with van der Waals surface area (Å²) in [6, 6.07) is 7.15. The standard InChI is InChI=1S/C14H13BrClN3O/c1-2-8-5-9(15)3-4-12(8)19-14(20)10-6-13(17)18-7-11(10)16/h3-7H,2H2,1H3,(H2,17,18)(H,19,20). The molecule has 1 aromatic heterocycles. The first kappa shape index (κ1) is 14.8. The van der Waals surface area contributed by atoms with Gasteiger partial charge < -0.3 is 11.1 Å². The van der Waals surface area contributed by atoms with Gasteiger partial charge in [0, 0.05) is 16.4 Å². The number of aryl methyl sites for hydroxylation is 1. The normalized spacial score (nSPS) is 10.3. The number of nitrogens with zero attached hydrogens (tertiary/aromatic N) is 1. The van der Waals surface area contributed by atoms with Crippen LogP contribution in [-0.4, -0.2) is 10.9 Å². The summed E-state index contributed by atoms with van der Waals surface area (Å²) in [6.07, 6.45) is 2.18. The van der Waals surface area contributed by atoms with Crippen molar-refractivity contribution in [2.75, 3.05) is 11.1 Å². The van der Waals surface area contributed by atoms with Gasteiger partial charge >= 0.3 is 0 Å². The zero-order valence-electron chi connectivity index (χ0n) is 10.8. The number of rotatable bonds is 3. The maximum atomic E-state index is 12.2. The molecule has 0 atom stereocenters. The van der Waals surface area contributed by atoms with Crippen LogP contribution in [0.3, 0.4) is 0 Å². The molecule has 4 nitrogen and oxygen atoms in total. The van der Waals surface area contributed by atoms with Crippen molar-refractivity contribution < 1.29 is 4.79 Å². The van der Waals surface area contributed by atoms with Gasteiger partial charge in [0.25, 0.3) is 5.91 Å². The minimum atomic E-state index is -0.305. The lowest BCUT2D eigenvalue weighted by Crippen LogP contribution is -2.14. The monoisotopic (exact) mass is 353 g/mol. The first-order valence-corrected chi connectivity index (χ1v) is 7.19. The number of nitrogens with one attached hydrogen (secondary N) is 1. The molecule has 2 rings (SSSR count). The summed E-state index contributed by atoms with van der Waals surface area (Å²) >= 11 is 9.38. The lowest BCUT2D eigenvalue weighted by atomic mass is 10.1. The Balaban J connectivity index is 2.30. The fourth-order valence-corrected chi connectivity index (χ4v) is 2.39. The molecule has 1 amide bonds. The van der Waals surface area contributed by atoms with E-state index in [2.05, 4.69) is 26.2 Å². The molecule has 0 spiro atoms. The highest BCUT2D eigenvalue weighted by Crippen LogP contribution is 2.24. The predicted molar refractivity (Wildman–Crippen MR) is 85.1 cm³/mol.